The Bertz CT molecular complexity index is 968. The van der Waals surface area contributed by atoms with Crippen molar-refractivity contribution in [2.45, 2.75) is 13.5 Å². The van der Waals surface area contributed by atoms with Gasteiger partial charge < -0.3 is 9.64 Å². The van der Waals surface area contributed by atoms with Gasteiger partial charge in [0.25, 0.3) is 5.91 Å². The van der Waals surface area contributed by atoms with Crippen molar-refractivity contribution in [3.8, 4) is 5.69 Å². The molecule has 0 atom stereocenters. The van der Waals surface area contributed by atoms with E-state index in [0.29, 0.717) is 5.02 Å². The Morgan fingerprint density at radius 2 is 1.79 bits per heavy atom. The second kappa shape index (κ2) is 8.71. The summed E-state index contributed by atoms with van der Waals surface area (Å²) in [6, 6.07) is 18.4. The Morgan fingerprint density at radius 1 is 1.11 bits per heavy atom. The van der Waals surface area contributed by atoms with Gasteiger partial charge >= 0.3 is 5.97 Å². The van der Waals surface area contributed by atoms with Crippen molar-refractivity contribution < 1.29 is 14.3 Å². The van der Waals surface area contributed by atoms with Gasteiger partial charge in [-0.1, -0.05) is 41.9 Å². The van der Waals surface area contributed by atoms with Crippen LogP contribution in [-0.2, 0) is 16.1 Å². The van der Waals surface area contributed by atoms with E-state index < -0.39 is 5.97 Å². The van der Waals surface area contributed by atoms with Crippen LogP contribution < -0.4 is 0 Å². The molecule has 144 valence electrons. The smallest absolute Gasteiger partial charge is 0.325 e. The van der Waals surface area contributed by atoms with Crippen molar-refractivity contribution in [3.63, 3.8) is 0 Å². The third-order valence-corrected chi connectivity index (χ3v) is 4.48. The molecule has 1 heterocycles. The summed E-state index contributed by atoms with van der Waals surface area (Å²) in [5, 5.41) is 5.05. The van der Waals surface area contributed by atoms with E-state index in [1.54, 1.807) is 22.9 Å². The minimum atomic E-state index is -0.499. The molecule has 0 fully saturated rings. The molecule has 0 unspecified atom stereocenters. The van der Waals surface area contributed by atoms with E-state index in [1.807, 2.05) is 49.4 Å². The van der Waals surface area contributed by atoms with Crippen molar-refractivity contribution >= 4 is 23.5 Å². The Labute approximate surface area is 168 Å². The van der Waals surface area contributed by atoms with Gasteiger partial charge in [-0.25, -0.2) is 4.68 Å². The standard InChI is InChI=1S/C21H20ClN3O3/c1-15-12-19(23-25(15)18-6-4-3-5-7-18)21(27)24(14-20(26)28-2)13-16-8-10-17(22)11-9-16/h3-12H,13-14H2,1-2H3. The Kier molecular flexibility index (Phi) is 6.11. The van der Waals surface area contributed by atoms with Crippen LogP contribution in [0, 0.1) is 6.92 Å². The van der Waals surface area contributed by atoms with E-state index in [4.69, 9.17) is 16.3 Å². The minimum Gasteiger partial charge on any atom is -0.468 e. The number of hydrogen-bond donors (Lipinski definition) is 0. The number of methoxy groups -OCH3 is 1. The van der Waals surface area contributed by atoms with E-state index in [0.717, 1.165) is 16.9 Å². The fourth-order valence-corrected chi connectivity index (χ4v) is 2.93. The number of carbonyl (C=O) groups excluding carboxylic acids is 2. The van der Waals surface area contributed by atoms with Crippen molar-refractivity contribution in [3.05, 3.63) is 82.6 Å². The third kappa shape index (κ3) is 4.58. The number of ether oxygens (including phenoxy) is 1. The summed E-state index contributed by atoms with van der Waals surface area (Å²) in [5.41, 5.74) is 2.79. The fraction of sp³-hybridized carbons (Fsp3) is 0.190. The fourth-order valence-electron chi connectivity index (χ4n) is 2.80. The molecule has 1 aromatic heterocycles. The first-order valence-electron chi connectivity index (χ1n) is 8.70. The van der Waals surface area contributed by atoms with Crippen molar-refractivity contribution in [2.75, 3.05) is 13.7 Å². The second-order valence-corrected chi connectivity index (χ2v) is 6.72. The molecule has 0 aliphatic rings. The van der Waals surface area contributed by atoms with Crippen LogP contribution in [0.3, 0.4) is 0 Å². The molecule has 3 aromatic rings. The molecular weight excluding hydrogens is 378 g/mol. The Morgan fingerprint density at radius 3 is 2.43 bits per heavy atom. The Balaban J connectivity index is 1.88. The highest BCUT2D eigenvalue weighted by Gasteiger charge is 2.23. The van der Waals surface area contributed by atoms with Gasteiger partial charge in [-0.05, 0) is 42.8 Å². The predicted molar refractivity (Wildman–Crippen MR) is 107 cm³/mol. The number of amides is 1. The van der Waals surface area contributed by atoms with Gasteiger partial charge in [0.1, 0.15) is 6.54 Å². The number of carbonyl (C=O) groups is 2. The molecule has 0 saturated carbocycles. The number of rotatable bonds is 6. The summed E-state index contributed by atoms with van der Waals surface area (Å²) in [6.45, 7) is 1.94. The van der Waals surface area contributed by atoms with Crippen LogP contribution in [0.1, 0.15) is 21.7 Å². The number of halogens is 1. The molecule has 0 spiro atoms. The highest BCUT2D eigenvalue weighted by Crippen LogP contribution is 2.16. The zero-order valence-corrected chi connectivity index (χ0v) is 16.4. The number of para-hydroxylation sites is 1. The highest BCUT2D eigenvalue weighted by molar-refractivity contribution is 6.30. The molecule has 0 aliphatic heterocycles. The summed E-state index contributed by atoms with van der Waals surface area (Å²) in [6.07, 6.45) is 0. The van der Waals surface area contributed by atoms with Gasteiger partial charge in [-0.2, -0.15) is 5.10 Å². The number of hydrogen-bond acceptors (Lipinski definition) is 4. The topological polar surface area (TPSA) is 64.4 Å². The normalized spacial score (nSPS) is 10.5. The van der Waals surface area contributed by atoms with Crippen LogP contribution >= 0.6 is 11.6 Å². The molecular formula is C21H20ClN3O3. The molecule has 0 N–H and O–H groups in total. The minimum absolute atomic E-state index is 0.171. The molecule has 6 nitrogen and oxygen atoms in total. The number of aromatic nitrogens is 2. The number of esters is 1. The summed E-state index contributed by atoms with van der Waals surface area (Å²) >= 11 is 5.92. The van der Waals surface area contributed by atoms with E-state index in [-0.39, 0.29) is 24.7 Å². The van der Waals surface area contributed by atoms with Gasteiger partial charge in [0.15, 0.2) is 5.69 Å². The van der Waals surface area contributed by atoms with Crippen molar-refractivity contribution in [2.24, 2.45) is 0 Å². The maximum Gasteiger partial charge on any atom is 0.325 e. The summed E-state index contributed by atoms with van der Waals surface area (Å²) in [7, 11) is 1.29. The number of benzene rings is 2. The first-order chi connectivity index (χ1) is 13.5. The zero-order valence-electron chi connectivity index (χ0n) is 15.6. The quantitative estimate of drug-likeness (QED) is 0.595. The lowest BCUT2D eigenvalue weighted by Crippen LogP contribution is -2.36. The number of aryl methyl sites for hydroxylation is 1. The van der Waals surface area contributed by atoms with E-state index in [1.165, 1.54) is 12.0 Å². The van der Waals surface area contributed by atoms with Crippen LogP contribution in [0.2, 0.25) is 5.02 Å². The highest BCUT2D eigenvalue weighted by atomic mass is 35.5. The first kappa shape index (κ1) is 19.6. The molecule has 3 rings (SSSR count). The molecule has 0 saturated heterocycles. The van der Waals surface area contributed by atoms with Crippen molar-refractivity contribution in [1.82, 2.24) is 14.7 Å². The van der Waals surface area contributed by atoms with Crippen LogP contribution in [0.4, 0.5) is 0 Å². The first-order valence-corrected chi connectivity index (χ1v) is 9.08. The molecule has 7 heteroatoms. The average Bonchev–Trinajstić information content (AvgIpc) is 3.10. The molecule has 2 aromatic carbocycles. The maximum absolute atomic E-state index is 13.1. The zero-order chi connectivity index (χ0) is 20.1. The van der Waals surface area contributed by atoms with Gasteiger partial charge in [-0.15, -0.1) is 0 Å². The van der Waals surface area contributed by atoms with Gasteiger partial charge in [-0.3, -0.25) is 9.59 Å². The van der Waals surface area contributed by atoms with Crippen LogP contribution in [0.15, 0.2) is 60.7 Å². The lowest BCUT2D eigenvalue weighted by molar-refractivity contribution is -0.141. The monoisotopic (exact) mass is 397 g/mol. The molecule has 1 amide bonds. The third-order valence-electron chi connectivity index (χ3n) is 4.23. The average molecular weight is 398 g/mol. The lowest BCUT2D eigenvalue weighted by atomic mass is 10.2. The van der Waals surface area contributed by atoms with Crippen molar-refractivity contribution in [1.29, 1.82) is 0 Å². The van der Waals surface area contributed by atoms with Crippen LogP contribution in [0.5, 0.6) is 0 Å². The largest absolute Gasteiger partial charge is 0.468 e. The molecule has 0 bridgehead atoms. The van der Waals surface area contributed by atoms with Crippen LogP contribution in [0.25, 0.3) is 5.69 Å². The van der Waals surface area contributed by atoms with Gasteiger partial charge in [0, 0.05) is 17.3 Å². The number of nitrogens with zero attached hydrogens (tertiary/aromatic N) is 3. The second-order valence-electron chi connectivity index (χ2n) is 6.28. The van der Waals surface area contributed by atoms with E-state index >= 15 is 0 Å². The lowest BCUT2D eigenvalue weighted by Gasteiger charge is -2.20. The van der Waals surface area contributed by atoms with E-state index in [9.17, 15) is 9.59 Å². The summed E-state index contributed by atoms with van der Waals surface area (Å²) in [4.78, 5) is 26.3. The van der Waals surface area contributed by atoms with Crippen LogP contribution in [-0.4, -0.2) is 40.2 Å². The molecule has 28 heavy (non-hydrogen) atoms. The molecule has 0 aliphatic carbocycles. The van der Waals surface area contributed by atoms with E-state index in [2.05, 4.69) is 5.10 Å². The SMILES string of the molecule is COC(=O)CN(Cc1ccc(Cl)cc1)C(=O)c1cc(C)n(-c2ccccc2)n1. The maximum atomic E-state index is 13.1. The molecule has 0 radical (unpaired) electrons. The summed E-state index contributed by atoms with van der Waals surface area (Å²) < 4.78 is 6.44. The van der Waals surface area contributed by atoms with Gasteiger partial charge in [0.05, 0.1) is 12.8 Å². The summed E-state index contributed by atoms with van der Waals surface area (Å²) in [5.74, 6) is -0.848. The Hall–Kier alpha value is -3.12. The predicted octanol–water partition coefficient (Wildman–Crippen LogP) is 3.65. The van der Waals surface area contributed by atoms with Gasteiger partial charge in [0.2, 0.25) is 0 Å².